The highest BCUT2D eigenvalue weighted by Crippen LogP contribution is 2.24. The number of likely N-dealkylation sites (tertiary alicyclic amines) is 1. The van der Waals surface area contributed by atoms with Crippen LogP contribution in [-0.4, -0.2) is 34.2 Å². The van der Waals surface area contributed by atoms with Crippen molar-refractivity contribution < 1.29 is 15.0 Å². The fraction of sp³-hybridized carbons (Fsp3) is 0.500. The molecule has 4 heteroatoms. The Hall–Kier alpha value is -1.39. The topological polar surface area (TPSA) is 60.8 Å². The van der Waals surface area contributed by atoms with Gasteiger partial charge in [0.2, 0.25) is 0 Å². The number of benzene rings is 1. The van der Waals surface area contributed by atoms with Crippen molar-refractivity contribution in [2.45, 2.75) is 20.1 Å². The molecule has 1 aliphatic rings. The summed E-state index contributed by atoms with van der Waals surface area (Å²) in [6, 6.07) is 7.79. The van der Waals surface area contributed by atoms with Gasteiger partial charge < -0.3 is 10.2 Å². The lowest BCUT2D eigenvalue weighted by molar-refractivity contribution is -0.142. The zero-order valence-electron chi connectivity index (χ0n) is 10.5. The second-order valence-electron chi connectivity index (χ2n) is 5.09. The first-order valence-electron chi connectivity index (χ1n) is 6.24. The van der Waals surface area contributed by atoms with Gasteiger partial charge in [-0.15, -0.1) is 0 Å². The summed E-state index contributed by atoms with van der Waals surface area (Å²) >= 11 is 0. The van der Waals surface area contributed by atoms with Crippen LogP contribution >= 0.6 is 0 Å². The number of aliphatic hydroxyl groups excluding tert-OH is 1. The van der Waals surface area contributed by atoms with E-state index in [0.717, 1.165) is 24.2 Å². The molecule has 1 heterocycles. The van der Waals surface area contributed by atoms with E-state index in [4.69, 9.17) is 10.2 Å². The third kappa shape index (κ3) is 2.89. The summed E-state index contributed by atoms with van der Waals surface area (Å²) in [5, 5.41) is 18.0. The van der Waals surface area contributed by atoms with Gasteiger partial charge in [-0.25, -0.2) is 0 Å². The van der Waals surface area contributed by atoms with Crippen LogP contribution in [0.3, 0.4) is 0 Å². The zero-order chi connectivity index (χ0) is 13.1. The Labute approximate surface area is 107 Å². The number of nitrogens with zero attached hydrogens (tertiary/aromatic N) is 1. The first kappa shape index (κ1) is 13.1. The summed E-state index contributed by atoms with van der Waals surface area (Å²) in [7, 11) is 0. The number of hydrogen-bond acceptors (Lipinski definition) is 3. The van der Waals surface area contributed by atoms with Crippen LogP contribution in [0.5, 0.6) is 0 Å². The maximum absolute atomic E-state index is 11.0. The van der Waals surface area contributed by atoms with Crippen LogP contribution in [0.1, 0.15) is 18.1 Å². The van der Waals surface area contributed by atoms with Crippen LogP contribution in [0.15, 0.2) is 24.3 Å². The fourth-order valence-electron chi connectivity index (χ4n) is 2.53. The Bertz CT molecular complexity index is 416. The average Bonchev–Trinajstić information content (AvgIpc) is 2.71. The number of carboxylic acids is 1. The second-order valence-corrected chi connectivity index (χ2v) is 5.09. The lowest BCUT2D eigenvalue weighted by atomic mass is 9.99. The summed E-state index contributed by atoms with van der Waals surface area (Å²) in [6.07, 6.45) is 0. The van der Waals surface area contributed by atoms with Crippen LogP contribution in [0, 0.1) is 11.8 Å². The molecule has 0 amide bonds. The molecular weight excluding hydrogens is 230 g/mol. The number of aliphatic hydroxyl groups is 1. The highest BCUT2D eigenvalue weighted by molar-refractivity contribution is 5.71. The Balaban J connectivity index is 1.96. The highest BCUT2D eigenvalue weighted by atomic mass is 16.4. The van der Waals surface area contributed by atoms with Crippen molar-refractivity contribution >= 4 is 5.97 Å². The van der Waals surface area contributed by atoms with E-state index in [9.17, 15) is 4.79 Å². The summed E-state index contributed by atoms with van der Waals surface area (Å²) in [4.78, 5) is 13.2. The molecule has 98 valence electrons. The molecule has 2 unspecified atom stereocenters. The maximum Gasteiger partial charge on any atom is 0.308 e. The van der Waals surface area contributed by atoms with E-state index in [1.54, 1.807) is 0 Å². The number of aliphatic carboxylic acids is 1. The van der Waals surface area contributed by atoms with Crippen molar-refractivity contribution in [3.8, 4) is 0 Å². The smallest absolute Gasteiger partial charge is 0.308 e. The Morgan fingerprint density at radius 3 is 2.39 bits per heavy atom. The molecule has 1 aromatic rings. The third-order valence-electron chi connectivity index (χ3n) is 3.62. The van der Waals surface area contributed by atoms with Gasteiger partial charge in [0.25, 0.3) is 0 Å². The van der Waals surface area contributed by atoms with E-state index in [-0.39, 0.29) is 18.4 Å². The van der Waals surface area contributed by atoms with E-state index in [2.05, 4.69) is 4.90 Å². The van der Waals surface area contributed by atoms with E-state index in [1.807, 2.05) is 31.2 Å². The largest absolute Gasteiger partial charge is 0.481 e. The highest BCUT2D eigenvalue weighted by Gasteiger charge is 2.34. The Kier molecular flexibility index (Phi) is 3.99. The molecule has 0 aliphatic carbocycles. The predicted molar refractivity (Wildman–Crippen MR) is 67.9 cm³/mol. The first-order chi connectivity index (χ1) is 8.60. The monoisotopic (exact) mass is 249 g/mol. The molecule has 2 atom stereocenters. The normalized spacial score (nSPS) is 24.3. The van der Waals surface area contributed by atoms with E-state index < -0.39 is 5.97 Å². The van der Waals surface area contributed by atoms with Crippen LogP contribution in [0.4, 0.5) is 0 Å². The zero-order valence-corrected chi connectivity index (χ0v) is 10.5. The number of carbonyl (C=O) groups is 1. The summed E-state index contributed by atoms with van der Waals surface area (Å²) in [5.41, 5.74) is 2.06. The minimum atomic E-state index is -0.694. The molecule has 0 radical (unpaired) electrons. The van der Waals surface area contributed by atoms with E-state index >= 15 is 0 Å². The Morgan fingerprint density at radius 1 is 1.28 bits per heavy atom. The molecule has 18 heavy (non-hydrogen) atoms. The van der Waals surface area contributed by atoms with Crippen molar-refractivity contribution in [2.24, 2.45) is 11.8 Å². The molecule has 0 saturated carbocycles. The minimum Gasteiger partial charge on any atom is -0.481 e. The SMILES string of the molecule is CC1CN(Cc2ccc(CO)cc2)CC1C(=O)O. The lowest BCUT2D eigenvalue weighted by Crippen LogP contribution is -2.23. The molecule has 0 spiro atoms. The van der Waals surface area contributed by atoms with Gasteiger partial charge in [0.05, 0.1) is 12.5 Å². The van der Waals surface area contributed by atoms with Gasteiger partial charge in [0.15, 0.2) is 0 Å². The number of carboxylic acid groups (broad SMARTS) is 1. The quantitative estimate of drug-likeness (QED) is 0.845. The predicted octanol–water partition coefficient (Wildman–Crippen LogP) is 1.33. The minimum absolute atomic E-state index is 0.0577. The number of hydrogen-bond donors (Lipinski definition) is 2. The van der Waals surface area contributed by atoms with Gasteiger partial charge in [-0.3, -0.25) is 9.69 Å². The van der Waals surface area contributed by atoms with Gasteiger partial charge in [-0.1, -0.05) is 31.2 Å². The van der Waals surface area contributed by atoms with Crippen molar-refractivity contribution in [3.63, 3.8) is 0 Å². The van der Waals surface area contributed by atoms with E-state index in [0.29, 0.717) is 6.54 Å². The molecule has 2 rings (SSSR count). The van der Waals surface area contributed by atoms with Crippen LogP contribution in [0.2, 0.25) is 0 Å². The fourth-order valence-corrected chi connectivity index (χ4v) is 2.53. The maximum atomic E-state index is 11.0. The first-order valence-corrected chi connectivity index (χ1v) is 6.24. The van der Waals surface area contributed by atoms with E-state index in [1.165, 1.54) is 0 Å². The standard InChI is InChI=1S/C14H19NO3/c1-10-6-15(8-13(10)14(17)18)7-11-2-4-12(9-16)5-3-11/h2-5,10,13,16H,6-9H2,1H3,(H,17,18). The molecule has 0 bridgehead atoms. The molecule has 1 fully saturated rings. The van der Waals surface area contributed by atoms with Gasteiger partial charge in [-0.05, 0) is 17.0 Å². The molecule has 2 N–H and O–H groups in total. The molecular formula is C14H19NO3. The molecule has 0 aromatic heterocycles. The summed E-state index contributed by atoms with van der Waals surface area (Å²) in [6.45, 7) is 4.28. The third-order valence-corrected chi connectivity index (χ3v) is 3.62. The molecule has 1 saturated heterocycles. The molecule has 1 aliphatic heterocycles. The van der Waals surface area contributed by atoms with Crippen molar-refractivity contribution in [2.75, 3.05) is 13.1 Å². The van der Waals surface area contributed by atoms with Crippen molar-refractivity contribution in [1.29, 1.82) is 0 Å². The molecule has 1 aromatic carbocycles. The average molecular weight is 249 g/mol. The Morgan fingerprint density at radius 2 is 1.89 bits per heavy atom. The summed E-state index contributed by atoms with van der Waals surface area (Å²) < 4.78 is 0. The van der Waals surface area contributed by atoms with Gasteiger partial charge in [0, 0.05) is 19.6 Å². The van der Waals surface area contributed by atoms with Crippen LogP contribution in [-0.2, 0) is 17.9 Å². The van der Waals surface area contributed by atoms with Gasteiger partial charge in [0.1, 0.15) is 0 Å². The second kappa shape index (κ2) is 5.50. The van der Waals surface area contributed by atoms with Crippen LogP contribution in [0.25, 0.3) is 0 Å². The molecule has 4 nitrogen and oxygen atoms in total. The van der Waals surface area contributed by atoms with Crippen molar-refractivity contribution in [1.82, 2.24) is 4.90 Å². The van der Waals surface area contributed by atoms with Gasteiger partial charge >= 0.3 is 5.97 Å². The lowest BCUT2D eigenvalue weighted by Gasteiger charge is -2.15. The summed E-state index contributed by atoms with van der Waals surface area (Å²) in [5.74, 6) is -0.735. The number of rotatable bonds is 4. The van der Waals surface area contributed by atoms with Crippen LogP contribution < -0.4 is 0 Å². The van der Waals surface area contributed by atoms with Crippen molar-refractivity contribution in [3.05, 3.63) is 35.4 Å². The van der Waals surface area contributed by atoms with Gasteiger partial charge in [-0.2, -0.15) is 0 Å².